The van der Waals surface area contributed by atoms with E-state index in [9.17, 15) is 0 Å². The van der Waals surface area contributed by atoms with E-state index in [1.165, 1.54) is 12.0 Å². The molecule has 0 amide bonds. The first-order valence-electron chi connectivity index (χ1n) is 4.13. The quantitative estimate of drug-likeness (QED) is 0.643. The van der Waals surface area contributed by atoms with Gasteiger partial charge in [-0.1, -0.05) is 0 Å². The SMILES string of the molecule is CC(C)(C)SOCC(N)CCO. The molecule has 3 nitrogen and oxygen atoms in total. The lowest BCUT2D eigenvalue weighted by Crippen LogP contribution is -2.27. The molecule has 0 bridgehead atoms. The summed E-state index contributed by atoms with van der Waals surface area (Å²) < 4.78 is 5.40. The maximum absolute atomic E-state index is 8.55. The number of hydrogen-bond donors (Lipinski definition) is 2. The standard InChI is InChI=1S/C8H19NO2S/c1-8(2,3)12-11-6-7(9)4-5-10/h7,10H,4-6,9H2,1-3H3. The molecule has 0 aliphatic carbocycles. The molecule has 1 unspecified atom stereocenters. The van der Waals surface area contributed by atoms with E-state index >= 15 is 0 Å². The second-order valence-corrected chi connectivity index (χ2v) is 5.38. The Labute approximate surface area is 78.9 Å². The van der Waals surface area contributed by atoms with E-state index in [4.69, 9.17) is 15.0 Å². The van der Waals surface area contributed by atoms with E-state index in [2.05, 4.69) is 20.8 Å². The summed E-state index contributed by atoms with van der Waals surface area (Å²) in [6.45, 7) is 6.87. The Morgan fingerprint density at radius 1 is 1.50 bits per heavy atom. The van der Waals surface area contributed by atoms with Gasteiger partial charge in [0.05, 0.1) is 6.61 Å². The molecule has 0 aliphatic heterocycles. The van der Waals surface area contributed by atoms with E-state index < -0.39 is 0 Å². The summed E-state index contributed by atoms with van der Waals surface area (Å²) in [6, 6.07) is -0.0511. The summed E-state index contributed by atoms with van der Waals surface area (Å²) in [5, 5.41) is 8.55. The molecular formula is C8H19NO2S. The van der Waals surface area contributed by atoms with Crippen molar-refractivity contribution in [2.75, 3.05) is 13.2 Å². The first kappa shape index (κ1) is 12.2. The van der Waals surface area contributed by atoms with Crippen LogP contribution in [0, 0.1) is 0 Å². The van der Waals surface area contributed by atoms with Gasteiger partial charge in [-0.05, 0) is 39.2 Å². The average molecular weight is 193 g/mol. The van der Waals surface area contributed by atoms with Crippen molar-refractivity contribution in [3.8, 4) is 0 Å². The minimum absolute atomic E-state index is 0.0511. The molecule has 0 aliphatic rings. The van der Waals surface area contributed by atoms with Gasteiger partial charge in [0.15, 0.2) is 0 Å². The molecule has 0 fully saturated rings. The van der Waals surface area contributed by atoms with Crippen molar-refractivity contribution < 1.29 is 9.29 Å². The Balaban J connectivity index is 3.31. The lowest BCUT2D eigenvalue weighted by molar-refractivity contribution is 0.247. The first-order valence-corrected chi connectivity index (χ1v) is 4.87. The van der Waals surface area contributed by atoms with E-state index in [0.717, 1.165) is 0 Å². The summed E-state index contributed by atoms with van der Waals surface area (Å²) in [6.07, 6.45) is 0.602. The third-order valence-electron chi connectivity index (χ3n) is 1.09. The van der Waals surface area contributed by atoms with Crippen LogP contribution in [0.25, 0.3) is 0 Å². The van der Waals surface area contributed by atoms with Crippen LogP contribution in [0.1, 0.15) is 27.2 Å². The summed E-state index contributed by atoms with van der Waals surface area (Å²) >= 11 is 1.43. The maximum atomic E-state index is 8.55. The third-order valence-corrected chi connectivity index (χ3v) is 1.84. The van der Waals surface area contributed by atoms with Crippen LogP contribution in [0.2, 0.25) is 0 Å². The van der Waals surface area contributed by atoms with Gasteiger partial charge in [-0.3, -0.25) is 0 Å². The van der Waals surface area contributed by atoms with Gasteiger partial charge in [-0.25, -0.2) is 0 Å². The van der Waals surface area contributed by atoms with Crippen molar-refractivity contribution in [2.24, 2.45) is 5.73 Å². The Morgan fingerprint density at radius 2 is 2.08 bits per heavy atom. The van der Waals surface area contributed by atoms with Gasteiger partial charge in [0.25, 0.3) is 0 Å². The lowest BCUT2D eigenvalue weighted by Gasteiger charge is -2.18. The Morgan fingerprint density at radius 3 is 2.50 bits per heavy atom. The predicted octanol–water partition coefficient (Wildman–Crippen LogP) is 1.16. The minimum atomic E-state index is -0.0511. The van der Waals surface area contributed by atoms with Crippen LogP contribution in [0.3, 0.4) is 0 Å². The fourth-order valence-electron chi connectivity index (χ4n) is 0.547. The summed E-state index contributed by atoms with van der Waals surface area (Å²) in [5.74, 6) is 0. The van der Waals surface area contributed by atoms with E-state index in [0.29, 0.717) is 13.0 Å². The third kappa shape index (κ3) is 8.33. The molecular weight excluding hydrogens is 174 g/mol. The maximum Gasteiger partial charge on any atom is 0.0766 e. The zero-order chi connectivity index (χ0) is 9.61. The van der Waals surface area contributed by atoms with E-state index in [1.807, 2.05) is 0 Å². The van der Waals surface area contributed by atoms with Gasteiger partial charge in [-0.2, -0.15) is 0 Å². The Bertz CT molecular complexity index is 114. The van der Waals surface area contributed by atoms with E-state index in [1.54, 1.807) is 0 Å². The molecule has 0 aromatic rings. The van der Waals surface area contributed by atoms with Gasteiger partial charge in [0.1, 0.15) is 0 Å². The predicted molar refractivity (Wildman–Crippen MR) is 53.0 cm³/mol. The van der Waals surface area contributed by atoms with Crippen LogP contribution in [0.15, 0.2) is 0 Å². The number of hydrogen-bond acceptors (Lipinski definition) is 4. The number of aliphatic hydroxyl groups is 1. The van der Waals surface area contributed by atoms with E-state index in [-0.39, 0.29) is 17.4 Å². The molecule has 3 N–H and O–H groups in total. The topological polar surface area (TPSA) is 55.5 Å². The van der Waals surface area contributed by atoms with Crippen LogP contribution < -0.4 is 5.73 Å². The molecule has 0 heterocycles. The fraction of sp³-hybridized carbons (Fsp3) is 1.00. The van der Waals surface area contributed by atoms with Gasteiger partial charge >= 0.3 is 0 Å². The number of aliphatic hydroxyl groups excluding tert-OH is 1. The highest BCUT2D eigenvalue weighted by Crippen LogP contribution is 2.23. The number of rotatable bonds is 5. The Kier molecular flexibility index (Phi) is 5.92. The zero-order valence-corrected chi connectivity index (χ0v) is 8.86. The molecule has 0 spiro atoms. The molecule has 74 valence electrons. The average Bonchev–Trinajstić information content (AvgIpc) is 1.84. The highest BCUT2D eigenvalue weighted by Gasteiger charge is 2.12. The normalized spacial score (nSPS) is 14.8. The van der Waals surface area contributed by atoms with Crippen LogP contribution in [-0.2, 0) is 4.18 Å². The van der Waals surface area contributed by atoms with Crippen molar-refractivity contribution >= 4 is 12.0 Å². The first-order chi connectivity index (χ1) is 5.45. The van der Waals surface area contributed by atoms with Gasteiger partial charge in [-0.15, -0.1) is 0 Å². The second-order valence-electron chi connectivity index (χ2n) is 3.75. The largest absolute Gasteiger partial charge is 0.396 e. The highest BCUT2D eigenvalue weighted by molar-refractivity contribution is 7.96. The monoisotopic (exact) mass is 193 g/mol. The zero-order valence-electron chi connectivity index (χ0n) is 8.04. The second kappa shape index (κ2) is 5.80. The summed E-state index contributed by atoms with van der Waals surface area (Å²) in [7, 11) is 0. The van der Waals surface area contributed by atoms with Crippen molar-refractivity contribution in [2.45, 2.75) is 38.0 Å². The van der Waals surface area contributed by atoms with Crippen molar-refractivity contribution in [1.82, 2.24) is 0 Å². The fourth-order valence-corrected chi connectivity index (χ4v) is 1.14. The summed E-state index contributed by atoms with van der Waals surface area (Å²) in [5.41, 5.74) is 5.62. The molecule has 1 atom stereocenters. The molecule has 0 saturated heterocycles. The molecule has 0 radical (unpaired) electrons. The van der Waals surface area contributed by atoms with Gasteiger partial charge < -0.3 is 15.0 Å². The van der Waals surface area contributed by atoms with Crippen LogP contribution >= 0.6 is 12.0 Å². The van der Waals surface area contributed by atoms with Gasteiger partial charge in [0.2, 0.25) is 0 Å². The molecule has 0 aromatic carbocycles. The van der Waals surface area contributed by atoms with Gasteiger partial charge in [0, 0.05) is 17.4 Å². The van der Waals surface area contributed by atoms with Crippen LogP contribution in [0.4, 0.5) is 0 Å². The van der Waals surface area contributed by atoms with Crippen LogP contribution in [-0.4, -0.2) is 29.1 Å². The highest BCUT2D eigenvalue weighted by atomic mass is 32.2. The van der Waals surface area contributed by atoms with Crippen molar-refractivity contribution in [1.29, 1.82) is 0 Å². The Hall–Kier alpha value is 0.230. The van der Waals surface area contributed by atoms with Crippen molar-refractivity contribution in [3.05, 3.63) is 0 Å². The smallest absolute Gasteiger partial charge is 0.0766 e. The summed E-state index contributed by atoms with van der Waals surface area (Å²) in [4.78, 5) is 0. The number of nitrogens with two attached hydrogens (primary N) is 1. The van der Waals surface area contributed by atoms with Crippen molar-refractivity contribution in [3.63, 3.8) is 0 Å². The molecule has 4 heteroatoms. The molecule has 0 saturated carbocycles. The molecule has 0 aromatic heterocycles. The minimum Gasteiger partial charge on any atom is -0.396 e. The lowest BCUT2D eigenvalue weighted by atomic mass is 10.2. The molecule has 0 rings (SSSR count). The van der Waals surface area contributed by atoms with Crippen LogP contribution in [0.5, 0.6) is 0 Å². The molecule has 12 heavy (non-hydrogen) atoms.